The van der Waals surface area contributed by atoms with Crippen LogP contribution in [0.25, 0.3) is 5.76 Å². The van der Waals surface area contributed by atoms with E-state index in [1.165, 1.54) is 66.6 Å². The Morgan fingerprint density at radius 3 is 2.09 bits per heavy atom. The molecule has 1 heterocycles. The monoisotopic (exact) mass is 537 g/mol. The van der Waals surface area contributed by atoms with Gasteiger partial charge in [-0.15, -0.1) is 0 Å². The molecule has 174 valence electrons. The first kappa shape index (κ1) is 24.2. The van der Waals surface area contributed by atoms with Crippen molar-refractivity contribution < 1.29 is 24.5 Å². The van der Waals surface area contributed by atoms with Crippen molar-refractivity contribution in [2.75, 3.05) is 12.0 Å². The zero-order chi connectivity index (χ0) is 24.7. The standard InChI is InChI=1S/C24H15Cl4NO5/c1-34-23-17(9-14(27)10-18(23)28)21(31)19-20(11-2-4-16(30)5-3-11)29(24(33)22(19)32)15-7-12(25)6-13(26)8-15/h2-10,20,30-31H,1H3/b21-19+. The number of hydrogen-bond acceptors (Lipinski definition) is 5. The fraction of sp³-hybridized carbons (Fsp3) is 0.0833. The summed E-state index contributed by atoms with van der Waals surface area (Å²) < 4.78 is 5.31. The molecule has 0 aliphatic carbocycles. The van der Waals surface area contributed by atoms with Crippen molar-refractivity contribution in [1.82, 2.24) is 0 Å². The third-order valence-electron chi connectivity index (χ3n) is 5.25. The minimum Gasteiger partial charge on any atom is -0.508 e. The third-order valence-corrected chi connectivity index (χ3v) is 6.18. The van der Waals surface area contributed by atoms with Crippen LogP contribution in [0, 0.1) is 0 Å². The summed E-state index contributed by atoms with van der Waals surface area (Å²) in [6.07, 6.45) is 0. The number of carbonyl (C=O) groups excluding carboxylic acids is 2. The molecule has 0 bridgehead atoms. The van der Waals surface area contributed by atoms with Crippen molar-refractivity contribution in [2.45, 2.75) is 6.04 Å². The third kappa shape index (κ3) is 4.30. The molecule has 1 amide bonds. The highest BCUT2D eigenvalue weighted by Gasteiger charge is 2.47. The van der Waals surface area contributed by atoms with Gasteiger partial charge in [0.2, 0.25) is 0 Å². The summed E-state index contributed by atoms with van der Waals surface area (Å²) in [6, 6.07) is 12.0. The second-order valence-corrected chi connectivity index (χ2v) is 9.07. The molecular weight excluding hydrogens is 524 g/mol. The van der Waals surface area contributed by atoms with Crippen LogP contribution in [0.3, 0.4) is 0 Å². The van der Waals surface area contributed by atoms with Crippen molar-refractivity contribution in [1.29, 1.82) is 0 Å². The maximum Gasteiger partial charge on any atom is 0.300 e. The summed E-state index contributed by atoms with van der Waals surface area (Å²) in [5.74, 6) is -2.34. The molecule has 0 radical (unpaired) electrons. The van der Waals surface area contributed by atoms with Crippen LogP contribution in [0.1, 0.15) is 17.2 Å². The molecule has 1 aliphatic rings. The second kappa shape index (κ2) is 9.39. The number of carbonyl (C=O) groups is 2. The van der Waals surface area contributed by atoms with Crippen LogP contribution in [-0.4, -0.2) is 29.0 Å². The number of benzene rings is 3. The summed E-state index contributed by atoms with van der Waals surface area (Å²) in [5, 5.41) is 21.8. The number of nitrogens with zero attached hydrogens (tertiary/aromatic N) is 1. The zero-order valence-electron chi connectivity index (χ0n) is 17.4. The molecular formula is C24H15Cl4NO5. The van der Waals surface area contributed by atoms with E-state index in [1.807, 2.05) is 0 Å². The fourth-order valence-electron chi connectivity index (χ4n) is 3.84. The Morgan fingerprint density at radius 1 is 0.912 bits per heavy atom. The van der Waals surface area contributed by atoms with Crippen LogP contribution in [0.15, 0.2) is 60.2 Å². The predicted molar refractivity (Wildman–Crippen MR) is 132 cm³/mol. The van der Waals surface area contributed by atoms with Crippen molar-refractivity contribution in [2.24, 2.45) is 0 Å². The number of aliphatic hydroxyl groups excluding tert-OH is 1. The van der Waals surface area contributed by atoms with Crippen molar-refractivity contribution in [3.05, 3.63) is 91.4 Å². The first-order valence-corrected chi connectivity index (χ1v) is 11.2. The van der Waals surface area contributed by atoms with Gasteiger partial charge in [0.25, 0.3) is 11.7 Å². The summed E-state index contributed by atoms with van der Waals surface area (Å²) in [4.78, 5) is 27.7. The molecule has 0 saturated carbocycles. The van der Waals surface area contributed by atoms with Crippen LogP contribution in [0.4, 0.5) is 5.69 Å². The molecule has 0 aromatic heterocycles. The minimum absolute atomic E-state index is 0.0187. The van der Waals surface area contributed by atoms with Crippen molar-refractivity contribution >= 4 is 69.5 Å². The number of halogens is 4. The summed E-state index contributed by atoms with van der Waals surface area (Å²) in [6.45, 7) is 0. The summed E-state index contributed by atoms with van der Waals surface area (Å²) in [7, 11) is 1.34. The quantitative estimate of drug-likeness (QED) is 0.221. The maximum atomic E-state index is 13.3. The molecule has 0 spiro atoms. The van der Waals surface area contributed by atoms with Gasteiger partial charge in [-0.05, 0) is 48.0 Å². The van der Waals surface area contributed by atoms with E-state index in [0.717, 1.165) is 0 Å². The Labute approximate surface area is 214 Å². The number of aromatic hydroxyl groups is 1. The Bertz CT molecular complexity index is 1330. The predicted octanol–water partition coefficient (Wildman–Crippen LogP) is 6.64. The lowest BCUT2D eigenvalue weighted by Crippen LogP contribution is -2.29. The number of phenolic OH excluding ortho intramolecular Hbond substituents is 1. The van der Waals surface area contributed by atoms with Crippen molar-refractivity contribution in [3.8, 4) is 11.5 Å². The molecule has 3 aromatic carbocycles. The van der Waals surface area contributed by atoms with E-state index in [9.17, 15) is 19.8 Å². The molecule has 1 saturated heterocycles. The van der Waals surface area contributed by atoms with E-state index in [4.69, 9.17) is 51.1 Å². The number of amides is 1. The topological polar surface area (TPSA) is 87.1 Å². The molecule has 1 atom stereocenters. The van der Waals surface area contributed by atoms with E-state index < -0.39 is 23.5 Å². The molecule has 34 heavy (non-hydrogen) atoms. The van der Waals surface area contributed by atoms with Crippen molar-refractivity contribution in [3.63, 3.8) is 0 Å². The van der Waals surface area contributed by atoms with E-state index in [2.05, 4.69) is 0 Å². The zero-order valence-corrected chi connectivity index (χ0v) is 20.4. The lowest BCUT2D eigenvalue weighted by atomic mass is 9.94. The molecule has 1 aliphatic heterocycles. The molecule has 1 fully saturated rings. The lowest BCUT2D eigenvalue weighted by molar-refractivity contribution is -0.132. The van der Waals surface area contributed by atoms with Crippen LogP contribution < -0.4 is 9.64 Å². The molecule has 4 rings (SSSR count). The Kier molecular flexibility index (Phi) is 6.69. The Morgan fingerprint density at radius 2 is 1.50 bits per heavy atom. The highest BCUT2D eigenvalue weighted by Crippen LogP contribution is 2.45. The number of ketones is 1. The molecule has 3 aromatic rings. The van der Waals surface area contributed by atoms with Crippen LogP contribution >= 0.6 is 46.4 Å². The van der Waals surface area contributed by atoms with Gasteiger partial charge >= 0.3 is 0 Å². The average Bonchev–Trinajstić information content (AvgIpc) is 3.03. The van der Waals surface area contributed by atoms with Gasteiger partial charge in [0, 0.05) is 20.8 Å². The number of methoxy groups -OCH3 is 1. The van der Waals surface area contributed by atoms with Crippen LogP contribution in [-0.2, 0) is 9.59 Å². The molecule has 1 unspecified atom stereocenters. The average molecular weight is 539 g/mol. The van der Waals surface area contributed by atoms with Crippen LogP contribution in [0.5, 0.6) is 11.5 Å². The second-order valence-electron chi connectivity index (χ2n) is 7.36. The van der Waals surface area contributed by atoms with E-state index in [0.29, 0.717) is 5.56 Å². The number of rotatable bonds is 4. The number of Topliss-reactive ketones (excluding diaryl/α,β-unsaturated/α-hetero) is 1. The van der Waals surface area contributed by atoms with E-state index in [-0.39, 0.29) is 48.4 Å². The van der Waals surface area contributed by atoms with E-state index >= 15 is 0 Å². The van der Waals surface area contributed by atoms with Gasteiger partial charge in [-0.2, -0.15) is 0 Å². The lowest BCUT2D eigenvalue weighted by Gasteiger charge is -2.26. The molecule has 2 N–H and O–H groups in total. The van der Waals surface area contributed by atoms with Gasteiger partial charge in [-0.3, -0.25) is 14.5 Å². The Balaban J connectivity index is 2.02. The highest BCUT2D eigenvalue weighted by atomic mass is 35.5. The first-order chi connectivity index (χ1) is 16.1. The first-order valence-electron chi connectivity index (χ1n) is 9.71. The highest BCUT2D eigenvalue weighted by molar-refractivity contribution is 6.52. The van der Waals surface area contributed by atoms with Gasteiger partial charge < -0.3 is 14.9 Å². The number of phenols is 1. The maximum absolute atomic E-state index is 13.3. The SMILES string of the molecule is COc1c(Cl)cc(Cl)cc1/C(O)=C1\C(=O)C(=O)N(c2cc(Cl)cc(Cl)c2)C1c1ccc(O)cc1. The van der Waals surface area contributed by atoms with Crippen LogP contribution in [0.2, 0.25) is 20.1 Å². The Hall–Kier alpha value is -2.90. The summed E-state index contributed by atoms with van der Waals surface area (Å²) in [5.41, 5.74) is 0.476. The number of aliphatic hydroxyl groups is 1. The van der Waals surface area contributed by atoms with Gasteiger partial charge in [0.1, 0.15) is 17.3 Å². The normalized spacial score (nSPS) is 17.3. The number of hydrogen-bond donors (Lipinski definition) is 2. The van der Waals surface area contributed by atoms with Gasteiger partial charge in [-0.1, -0.05) is 58.5 Å². The number of anilines is 1. The summed E-state index contributed by atoms with van der Waals surface area (Å²) >= 11 is 24.6. The van der Waals surface area contributed by atoms with Gasteiger partial charge in [-0.25, -0.2) is 0 Å². The largest absolute Gasteiger partial charge is 0.508 e. The van der Waals surface area contributed by atoms with E-state index in [1.54, 1.807) is 0 Å². The van der Waals surface area contributed by atoms with Gasteiger partial charge in [0.15, 0.2) is 0 Å². The minimum atomic E-state index is -1.09. The molecule has 10 heteroatoms. The molecule has 6 nitrogen and oxygen atoms in total. The smallest absolute Gasteiger partial charge is 0.300 e. The van der Waals surface area contributed by atoms with Gasteiger partial charge in [0.05, 0.1) is 29.3 Å². The number of ether oxygens (including phenoxy) is 1. The fourth-order valence-corrected chi connectivity index (χ4v) is 4.92.